The first-order valence-electron chi connectivity index (χ1n) is 9.28. The Labute approximate surface area is 153 Å². The summed E-state index contributed by atoms with van der Waals surface area (Å²) in [6, 6.07) is 12.2. The summed E-state index contributed by atoms with van der Waals surface area (Å²) in [6.07, 6.45) is 2.57. The van der Waals surface area contributed by atoms with E-state index >= 15 is 0 Å². The van der Waals surface area contributed by atoms with E-state index in [9.17, 15) is 4.39 Å². The van der Waals surface area contributed by atoms with E-state index in [1.165, 1.54) is 24.3 Å². The first-order valence-corrected chi connectivity index (χ1v) is 10.2. The number of anilines is 1. The average molecular weight is 360 g/mol. The third-order valence-corrected chi connectivity index (χ3v) is 6.33. The number of thiophene rings is 1. The maximum atomic E-state index is 14.0. The molecule has 134 valence electrons. The number of rotatable bonds is 4. The summed E-state index contributed by atoms with van der Waals surface area (Å²) in [5.74, 6) is -0.101. The van der Waals surface area contributed by atoms with Crippen LogP contribution in [0, 0.1) is 5.82 Å². The van der Waals surface area contributed by atoms with E-state index in [0.29, 0.717) is 6.04 Å². The molecule has 2 fully saturated rings. The van der Waals surface area contributed by atoms with Gasteiger partial charge in [0, 0.05) is 50.2 Å². The maximum absolute atomic E-state index is 14.0. The molecule has 1 aromatic carbocycles. The molecule has 3 heterocycles. The molecule has 1 atom stereocenters. The summed E-state index contributed by atoms with van der Waals surface area (Å²) >= 11 is 1.86. The number of piperazine rings is 1. The Kier molecular flexibility index (Phi) is 5.34. The third-order valence-electron chi connectivity index (χ3n) is 5.46. The van der Waals surface area contributed by atoms with Gasteiger partial charge in [0.1, 0.15) is 5.82 Å². The molecule has 2 aliphatic heterocycles. The first-order chi connectivity index (χ1) is 12.3. The lowest BCUT2D eigenvalue weighted by Crippen LogP contribution is -2.55. The lowest BCUT2D eigenvalue weighted by atomic mass is 10.0. The highest BCUT2D eigenvalue weighted by Gasteiger charge is 2.28. The molecular weight excluding hydrogens is 333 g/mol. The highest BCUT2D eigenvalue weighted by atomic mass is 32.1. The number of hydrogen-bond acceptors (Lipinski definition) is 4. The average Bonchev–Trinajstić information content (AvgIpc) is 3.16. The summed E-state index contributed by atoms with van der Waals surface area (Å²) < 4.78 is 14.0. The zero-order valence-electron chi connectivity index (χ0n) is 14.6. The predicted octanol–water partition coefficient (Wildman–Crippen LogP) is 3.67. The lowest BCUT2D eigenvalue weighted by molar-refractivity contribution is 0.0892. The second kappa shape index (κ2) is 7.85. The number of para-hydroxylation sites is 1. The minimum Gasteiger partial charge on any atom is -0.367 e. The number of halogens is 1. The molecule has 0 amide bonds. The molecule has 3 nitrogen and oxygen atoms in total. The smallest absolute Gasteiger partial charge is 0.146 e. The zero-order chi connectivity index (χ0) is 17.1. The van der Waals surface area contributed by atoms with Gasteiger partial charge < -0.3 is 4.90 Å². The van der Waals surface area contributed by atoms with Gasteiger partial charge in [0.15, 0.2) is 0 Å². The van der Waals surface area contributed by atoms with Crippen molar-refractivity contribution in [1.82, 2.24) is 9.80 Å². The molecule has 0 N–H and O–H groups in total. The van der Waals surface area contributed by atoms with Gasteiger partial charge in [-0.05, 0) is 43.0 Å². The first kappa shape index (κ1) is 17.0. The van der Waals surface area contributed by atoms with Crippen molar-refractivity contribution in [1.29, 1.82) is 0 Å². The standard InChI is InChI=1S/C20H26FN3S/c21-19-7-1-2-8-20(19)24-12-10-23(11-13-24)17-5-3-9-22(15-17)16-18-6-4-14-25-18/h1-2,4,6-8,14,17H,3,5,9-13,15-16H2/t17-/m0/s1. The van der Waals surface area contributed by atoms with Crippen LogP contribution in [0.4, 0.5) is 10.1 Å². The Morgan fingerprint density at radius 2 is 1.84 bits per heavy atom. The highest BCUT2D eigenvalue weighted by molar-refractivity contribution is 7.09. The molecule has 0 unspecified atom stereocenters. The predicted molar refractivity (Wildman–Crippen MR) is 103 cm³/mol. The van der Waals surface area contributed by atoms with Crippen LogP contribution >= 0.6 is 11.3 Å². The summed E-state index contributed by atoms with van der Waals surface area (Å²) in [5.41, 5.74) is 0.755. The van der Waals surface area contributed by atoms with E-state index in [2.05, 4.69) is 32.2 Å². The minimum absolute atomic E-state index is 0.101. The number of likely N-dealkylation sites (tertiary alicyclic amines) is 1. The van der Waals surface area contributed by atoms with Crippen LogP contribution in [0.5, 0.6) is 0 Å². The largest absolute Gasteiger partial charge is 0.367 e. The number of nitrogens with zero attached hydrogens (tertiary/aromatic N) is 3. The fourth-order valence-corrected chi connectivity index (χ4v) is 4.88. The Balaban J connectivity index is 1.32. The van der Waals surface area contributed by atoms with Crippen molar-refractivity contribution in [3.8, 4) is 0 Å². The molecular formula is C20H26FN3S. The summed E-state index contributed by atoms with van der Waals surface area (Å²) in [6.45, 7) is 7.37. The van der Waals surface area contributed by atoms with Crippen LogP contribution in [-0.4, -0.2) is 55.1 Å². The van der Waals surface area contributed by atoms with Crippen LogP contribution in [0.25, 0.3) is 0 Å². The summed E-state index contributed by atoms with van der Waals surface area (Å²) in [7, 11) is 0. The Morgan fingerprint density at radius 1 is 1.00 bits per heavy atom. The fraction of sp³-hybridized carbons (Fsp3) is 0.500. The van der Waals surface area contributed by atoms with Gasteiger partial charge in [-0.2, -0.15) is 0 Å². The van der Waals surface area contributed by atoms with E-state index in [1.807, 2.05) is 23.5 Å². The van der Waals surface area contributed by atoms with Crippen molar-refractivity contribution < 1.29 is 4.39 Å². The molecule has 0 saturated carbocycles. The van der Waals surface area contributed by atoms with E-state index in [4.69, 9.17) is 0 Å². The minimum atomic E-state index is -0.101. The maximum Gasteiger partial charge on any atom is 0.146 e. The second-order valence-corrected chi connectivity index (χ2v) is 8.12. The van der Waals surface area contributed by atoms with E-state index < -0.39 is 0 Å². The normalized spacial score (nSPS) is 23.1. The third kappa shape index (κ3) is 4.05. The second-order valence-electron chi connectivity index (χ2n) is 7.08. The van der Waals surface area contributed by atoms with Gasteiger partial charge in [-0.15, -0.1) is 11.3 Å². The molecule has 0 radical (unpaired) electrons. The van der Waals surface area contributed by atoms with E-state index in [1.54, 1.807) is 12.1 Å². The van der Waals surface area contributed by atoms with Crippen LogP contribution in [-0.2, 0) is 6.54 Å². The Morgan fingerprint density at radius 3 is 2.60 bits per heavy atom. The topological polar surface area (TPSA) is 9.72 Å². The highest BCUT2D eigenvalue weighted by Crippen LogP contribution is 2.24. The van der Waals surface area contributed by atoms with Crippen LogP contribution in [0.15, 0.2) is 41.8 Å². The Bertz CT molecular complexity index is 667. The van der Waals surface area contributed by atoms with Gasteiger partial charge in [0.25, 0.3) is 0 Å². The molecule has 0 spiro atoms. The van der Waals surface area contributed by atoms with Crippen molar-refractivity contribution in [3.63, 3.8) is 0 Å². The molecule has 4 rings (SSSR count). The van der Waals surface area contributed by atoms with Crippen molar-refractivity contribution in [2.24, 2.45) is 0 Å². The molecule has 0 aliphatic carbocycles. The van der Waals surface area contributed by atoms with Gasteiger partial charge in [0.05, 0.1) is 5.69 Å². The van der Waals surface area contributed by atoms with Crippen molar-refractivity contribution in [2.75, 3.05) is 44.2 Å². The van der Waals surface area contributed by atoms with E-state index in [0.717, 1.165) is 45.0 Å². The van der Waals surface area contributed by atoms with Crippen LogP contribution in [0.3, 0.4) is 0 Å². The molecule has 0 bridgehead atoms. The summed E-state index contributed by atoms with van der Waals surface area (Å²) in [5, 5.41) is 2.17. The van der Waals surface area contributed by atoms with Crippen LogP contribution < -0.4 is 4.90 Å². The lowest BCUT2D eigenvalue weighted by Gasteiger charge is -2.44. The number of benzene rings is 1. The molecule has 2 saturated heterocycles. The van der Waals surface area contributed by atoms with Crippen LogP contribution in [0.2, 0.25) is 0 Å². The van der Waals surface area contributed by atoms with Crippen LogP contribution in [0.1, 0.15) is 17.7 Å². The molecule has 1 aromatic heterocycles. The van der Waals surface area contributed by atoms with E-state index in [-0.39, 0.29) is 5.82 Å². The molecule has 2 aromatic rings. The molecule has 25 heavy (non-hydrogen) atoms. The van der Waals surface area contributed by atoms with Crippen molar-refractivity contribution in [3.05, 3.63) is 52.5 Å². The zero-order valence-corrected chi connectivity index (χ0v) is 15.4. The van der Waals surface area contributed by atoms with Gasteiger partial charge in [-0.1, -0.05) is 18.2 Å². The molecule has 5 heteroatoms. The van der Waals surface area contributed by atoms with Crippen molar-refractivity contribution in [2.45, 2.75) is 25.4 Å². The monoisotopic (exact) mass is 359 g/mol. The Hall–Kier alpha value is -1.43. The van der Waals surface area contributed by atoms with Gasteiger partial charge in [-0.25, -0.2) is 4.39 Å². The molecule has 2 aliphatic rings. The van der Waals surface area contributed by atoms with Gasteiger partial charge in [0.2, 0.25) is 0 Å². The van der Waals surface area contributed by atoms with Crippen molar-refractivity contribution >= 4 is 17.0 Å². The van der Waals surface area contributed by atoms with Gasteiger partial charge in [-0.3, -0.25) is 9.80 Å². The SMILES string of the molecule is Fc1ccccc1N1CCN([C@H]2CCCN(Cc3cccs3)C2)CC1. The quantitative estimate of drug-likeness (QED) is 0.825. The van der Waals surface area contributed by atoms with Gasteiger partial charge >= 0.3 is 0 Å². The fourth-order valence-electron chi connectivity index (χ4n) is 4.13. The summed E-state index contributed by atoms with van der Waals surface area (Å²) in [4.78, 5) is 8.88. The number of hydrogen-bond donors (Lipinski definition) is 0. The number of piperidine rings is 1.